The second kappa shape index (κ2) is 9.50. The molecule has 2 heterocycles. The lowest BCUT2D eigenvalue weighted by Crippen LogP contribution is -2.43. The Morgan fingerprint density at radius 1 is 1.31 bits per heavy atom. The Balaban J connectivity index is 1.37. The molecule has 32 heavy (non-hydrogen) atoms. The van der Waals surface area contributed by atoms with Gasteiger partial charge in [0.1, 0.15) is 12.6 Å². The number of ether oxygens (including phenoxy) is 1. The van der Waals surface area contributed by atoms with E-state index >= 15 is 0 Å². The van der Waals surface area contributed by atoms with Crippen molar-refractivity contribution in [1.29, 1.82) is 0 Å². The first-order valence-electron chi connectivity index (χ1n) is 10.5. The van der Waals surface area contributed by atoms with Crippen molar-refractivity contribution in [2.75, 3.05) is 11.9 Å². The van der Waals surface area contributed by atoms with Gasteiger partial charge in [0.25, 0.3) is 0 Å². The Bertz CT molecular complexity index is 1070. The molecular weight excluding hydrogens is 424 g/mol. The Labute approximate surface area is 191 Å². The first-order valence-corrected chi connectivity index (χ1v) is 11.4. The highest BCUT2D eigenvalue weighted by molar-refractivity contribution is 7.14. The normalized spacial score (nSPS) is 22.4. The van der Waals surface area contributed by atoms with E-state index in [2.05, 4.69) is 10.3 Å². The van der Waals surface area contributed by atoms with E-state index < -0.39 is 17.7 Å². The van der Waals surface area contributed by atoms with Gasteiger partial charge in [-0.3, -0.25) is 9.69 Å². The SMILES string of the molecule is CC1(N)C=CC=C(c2csc(NC(=O)[C@@H]3CCCN3C(=O)OCc3ccccc3)n2)C=C1. The average Bonchev–Trinajstić information content (AvgIpc) is 3.41. The van der Waals surface area contributed by atoms with E-state index in [4.69, 9.17) is 10.5 Å². The van der Waals surface area contributed by atoms with E-state index in [1.165, 1.54) is 16.2 Å². The van der Waals surface area contributed by atoms with E-state index in [0.29, 0.717) is 18.1 Å². The van der Waals surface area contributed by atoms with Gasteiger partial charge in [0.15, 0.2) is 5.13 Å². The molecule has 8 heteroatoms. The molecule has 166 valence electrons. The van der Waals surface area contributed by atoms with E-state index in [0.717, 1.165) is 23.3 Å². The smallest absolute Gasteiger partial charge is 0.410 e. The number of aromatic nitrogens is 1. The number of likely N-dealkylation sites (tertiary alicyclic amines) is 1. The fraction of sp³-hybridized carbons (Fsp3) is 0.292. The molecule has 7 nitrogen and oxygen atoms in total. The lowest BCUT2D eigenvalue weighted by molar-refractivity contribution is -0.120. The molecule has 1 saturated heterocycles. The number of carbonyl (C=O) groups is 2. The van der Waals surface area contributed by atoms with Crippen LogP contribution in [-0.4, -0.2) is 40.0 Å². The van der Waals surface area contributed by atoms with Crippen molar-refractivity contribution in [2.24, 2.45) is 5.73 Å². The topological polar surface area (TPSA) is 97.6 Å². The summed E-state index contributed by atoms with van der Waals surface area (Å²) in [5.41, 5.74) is 8.20. The first kappa shape index (κ1) is 22.0. The van der Waals surface area contributed by atoms with Crippen LogP contribution < -0.4 is 11.1 Å². The highest BCUT2D eigenvalue weighted by atomic mass is 32.1. The molecule has 1 aliphatic heterocycles. The van der Waals surface area contributed by atoms with Crippen LogP contribution in [0.25, 0.3) is 5.57 Å². The summed E-state index contributed by atoms with van der Waals surface area (Å²) in [7, 11) is 0. The second-order valence-electron chi connectivity index (χ2n) is 8.10. The molecule has 1 aromatic carbocycles. The van der Waals surface area contributed by atoms with Crippen LogP contribution in [0, 0.1) is 0 Å². The van der Waals surface area contributed by atoms with Crippen molar-refractivity contribution in [3.8, 4) is 0 Å². The number of allylic oxidation sites excluding steroid dienone is 4. The fourth-order valence-electron chi connectivity index (χ4n) is 3.62. The summed E-state index contributed by atoms with van der Waals surface area (Å²) in [6.45, 7) is 2.59. The summed E-state index contributed by atoms with van der Waals surface area (Å²) in [6, 6.07) is 8.91. The molecule has 2 aliphatic rings. The number of nitrogens with zero attached hydrogens (tertiary/aromatic N) is 2. The lowest BCUT2D eigenvalue weighted by Gasteiger charge is -2.22. The molecule has 1 fully saturated rings. The van der Waals surface area contributed by atoms with Gasteiger partial charge in [-0.05, 0) is 25.3 Å². The summed E-state index contributed by atoms with van der Waals surface area (Å²) in [6.07, 6.45) is 10.5. The highest BCUT2D eigenvalue weighted by Crippen LogP contribution is 2.26. The summed E-state index contributed by atoms with van der Waals surface area (Å²) < 4.78 is 5.42. The molecule has 2 atom stereocenters. The summed E-state index contributed by atoms with van der Waals surface area (Å²) in [5, 5.41) is 5.24. The number of amides is 2. The molecule has 1 unspecified atom stereocenters. The van der Waals surface area contributed by atoms with Crippen LogP contribution >= 0.6 is 11.3 Å². The molecule has 2 amide bonds. The molecule has 0 saturated carbocycles. The molecule has 0 radical (unpaired) electrons. The maximum absolute atomic E-state index is 12.9. The Morgan fingerprint density at radius 3 is 2.94 bits per heavy atom. The number of nitrogens with one attached hydrogen (secondary N) is 1. The van der Waals surface area contributed by atoms with Crippen LogP contribution in [0.2, 0.25) is 0 Å². The van der Waals surface area contributed by atoms with Crippen LogP contribution in [0.4, 0.5) is 9.93 Å². The first-order chi connectivity index (χ1) is 15.4. The third kappa shape index (κ3) is 5.33. The van der Waals surface area contributed by atoms with Crippen LogP contribution in [0.5, 0.6) is 0 Å². The fourth-order valence-corrected chi connectivity index (χ4v) is 4.35. The number of nitrogens with two attached hydrogens (primary N) is 1. The third-order valence-electron chi connectivity index (χ3n) is 5.38. The minimum absolute atomic E-state index is 0.180. The molecule has 1 aromatic heterocycles. The summed E-state index contributed by atoms with van der Waals surface area (Å²) in [4.78, 5) is 31.5. The van der Waals surface area contributed by atoms with Gasteiger partial charge < -0.3 is 15.8 Å². The molecule has 3 N–H and O–H groups in total. The van der Waals surface area contributed by atoms with E-state index in [-0.39, 0.29) is 12.5 Å². The zero-order chi connectivity index (χ0) is 22.6. The monoisotopic (exact) mass is 450 g/mol. The maximum atomic E-state index is 12.9. The van der Waals surface area contributed by atoms with Crippen LogP contribution in [-0.2, 0) is 16.1 Å². The predicted octanol–water partition coefficient (Wildman–Crippen LogP) is 4.11. The standard InChI is InChI=1S/C24H26N4O3S/c1-24(25)12-5-9-18(11-13-24)19-16-32-22(26-19)27-21(29)20-10-6-14-28(20)23(30)31-15-17-7-3-2-4-8-17/h2-5,7-9,11-13,16,20H,6,10,14-15,25H2,1H3,(H,26,27,29)/t20-,24?/m0/s1. The number of hydrogen-bond acceptors (Lipinski definition) is 6. The highest BCUT2D eigenvalue weighted by Gasteiger charge is 2.35. The zero-order valence-electron chi connectivity index (χ0n) is 17.9. The minimum Gasteiger partial charge on any atom is -0.445 e. The molecule has 0 bridgehead atoms. The van der Waals surface area contributed by atoms with Gasteiger partial charge in [0.05, 0.1) is 11.2 Å². The van der Waals surface area contributed by atoms with E-state index in [1.807, 2.05) is 73.0 Å². The molecule has 1 aliphatic carbocycles. The van der Waals surface area contributed by atoms with Gasteiger partial charge in [-0.1, -0.05) is 60.7 Å². The molecule has 0 spiro atoms. The largest absolute Gasteiger partial charge is 0.445 e. The lowest BCUT2D eigenvalue weighted by atomic mass is 10.0. The third-order valence-corrected chi connectivity index (χ3v) is 6.14. The molecule has 4 rings (SSSR count). The number of thiazole rings is 1. The van der Waals surface area contributed by atoms with Crippen LogP contribution in [0.15, 0.2) is 66.1 Å². The van der Waals surface area contributed by atoms with Crippen LogP contribution in [0.3, 0.4) is 0 Å². The summed E-state index contributed by atoms with van der Waals surface area (Å²) in [5.74, 6) is -0.250. The number of hydrogen-bond donors (Lipinski definition) is 2. The van der Waals surface area contributed by atoms with Gasteiger partial charge in [0, 0.05) is 17.5 Å². The van der Waals surface area contributed by atoms with Crippen molar-refractivity contribution in [3.63, 3.8) is 0 Å². The van der Waals surface area contributed by atoms with Crippen molar-refractivity contribution in [2.45, 2.75) is 38.0 Å². The van der Waals surface area contributed by atoms with Crippen molar-refractivity contribution < 1.29 is 14.3 Å². The van der Waals surface area contributed by atoms with E-state index in [9.17, 15) is 9.59 Å². The summed E-state index contributed by atoms with van der Waals surface area (Å²) >= 11 is 1.35. The Morgan fingerprint density at radius 2 is 2.12 bits per heavy atom. The average molecular weight is 451 g/mol. The number of rotatable bonds is 5. The van der Waals surface area contributed by atoms with E-state index in [1.54, 1.807) is 0 Å². The predicted molar refractivity (Wildman–Crippen MR) is 126 cm³/mol. The number of anilines is 1. The van der Waals surface area contributed by atoms with Crippen molar-refractivity contribution in [1.82, 2.24) is 9.88 Å². The quantitative estimate of drug-likeness (QED) is 0.714. The molecular formula is C24H26N4O3S. The van der Waals surface area contributed by atoms with Gasteiger partial charge in [-0.15, -0.1) is 11.3 Å². The van der Waals surface area contributed by atoms with Gasteiger partial charge in [-0.2, -0.15) is 0 Å². The van der Waals surface area contributed by atoms with Gasteiger partial charge in [-0.25, -0.2) is 9.78 Å². The van der Waals surface area contributed by atoms with Crippen LogP contribution in [0.1, 0.15) is 31.0 Å². The van der Waals surface area contributed by atoms with Gasteiger partial charge >= 0.3 is 6.09 Å². The Hall–Kier alpha value is -3.23. The number of carbonyl (C=O) groups excluding carboxylic acids is 2. The number of benzene rings is 1. The van der Waals surface area contributed by atoms with Crippen molar-refractivity contribution >= 4 is 34.0 Å². The minimum atomic E-state index is -0.566. The Kier molecular flexibility index (Phi) is 6.53. The second-order valence-corrected chi connectivity index (χ2v) is 8.96. The zero-order valence-corrected chi connectivity index (χ0v) is 18.7. The molecule has 2 aromatic rings. The van der Waals surface area contributed by atoms with Crippen molar-refractivity contribution in [3.05, 3.63) is 77.3 Å². The van der Waals surface area contributed by atoms with Gasteiger partial charge in [0.2, 0.25) is 5.91 Å². The maximum Gasteiger partial charge on any atom is 0.410 e.